The largest absolute Gasteiger partial charge is 0.378 e. The maximum Gasteiger partial charge on any atom is 0.297 e. The number of carbonyl (C=O) groups is 1. The van der Waals surface area contributed by atoms with Crippen molar-refractivity contribution >= 4 is 94.7 Å². The lowest BCUT2D eigenvalue weighted by atomic mass is 10.1. The van der Waals surface area contributed by atoms with Crippen LogP contribution >= 0.6 is 22.7 Å². The number of amidine groups is 1. The summed E-state index contributed by atoms with van der Waals surface area (Å²) in [5, 5.41) is 9.01. The molecule has 8 rings (SSSR count). The molecule has 0 bridgehead atoms. The van der Waals surface area contributed by atoms with Gasteiger partial charge < -0.3 is 4.90 Å². The second-order valence-corrected chi connectivity index (χ2v) is 13.2. The summed E-state index contributed by atoms with van der Waals surface area (Å²) in [6.45, 7) is 0. The highest BCUT2D eigenvalue weighted by Crippen LogP contribution is 2.30. The van der Waals surface area contributed by atoms with Crippen LogP contribution < -0.4 is 21.0 Å². The molecule has 1 amide bonds. The lowest BCUT2D eigenvalue weighted by Gasteiger charge is -2.19. The number of aliphatic imine (C=N–C) groups is 1. The van der Waals surface area contributed by atoms with Crippen LogP contribution in [0.2, 0.25) is 0 Å². The molecule has 49 heavy (non-hydrogen) atoms. The van der Waals surface area contributed by atoms with Crippen molar-refractivity contribution in [3.05, 3.63) is 120 Å². The zero-order valence-corrected chi connectivity index (χ0v) is 27.8. The van der Waals surface area contributed by atoms with Crippen LogP contribution in [0.1, 0.15) is 11.1 Å². The monoisotopic (exact) mass is 681 g/mol. The first kappa shape index (κ1) is 30.1. The van der Waals surface area contributed by atoms with Gasteiger partial charge in [0.05, 0.1) is 20.4 Å². The number of anilines is 6. The van der Waals surface area contributed by atoms with Crippen molar-refractivity contribution in [3.8, 4) is 0 Å². The number of rotatable bonds is 9. The maximum absolute atomic E-state index is 14.0. The van der Waals surface area contributed by atoms with Crippen LogP contribution in [-0.2, 0) is 4.79 Å². The number of thiazole rings is 2. The van der Waals surface area contributed by atoms with E-state index in [-0.39, 0.29) is 29.4 Å². The number of nitrogens with zero attached hydrogens (tertiary/aromatic N) is 8. The van der Waals surface area contributed by atoms with Crippen LogP contribution in [0.5, 0.6) is 0 Å². The standard InChI is InChI=1S/C35H27N11OS2/c1-45(2)23-18-16-21(17-19-23)20-26-30(47)46(29(36-26)22-10-4-3-5-11-22)44-33-40-31(42-34-37-24-12-6-8-14-27(24)48-34)39-32(41-33)43-35-38-25-13-7-9-15-28(25)49-35/h3-20H,1-2H3,(H3,37,38,39,40,41,42,43,44)/b26-20+. The third kappa shape index (κ3) is 6.37. The average Bonchev–Trinajstić information content (AvgIpc) is 3.80. The molecule has 1 aliphatic rings. The molecule has 0 saturated heterocycles. The number of aromatic nitrogens is 5. The minimum Gasteiger partial charge on any atom is -0.378 e. The van der Waals surface area contributed by atoms with E-state index in [0.29, 0.717) is 16.1 Å². The molecule has 4 aromatic carbocycles. The number of fused-ring (bicyclic) bond motifs is 2. The topological polar surface area (TPSA) is 136 Å². The highest BCUT2D eigenvalue weighted by Gasteiger charge is 2.32. The third-order valence-corrected chi connectivity index (χ3v) is 9.38. The molecule has 0 spiro atoms. The fourth-order valence-electron chi connectivity index (χ4n) is 5.11. The smallest absolute Gasteiger partial charge is 0.297 e. The number of amides is 1. The molecule has 12 nitrogen and oxygen atoms in total. The molecule has 1 aliphatic heterocycles. The van der Waals surface area contributed by atoms with E-state index in [4.69, 9.17) is 4.99 Å². The van der Waals surface area contributed by atoms with Gasteiger partial charge >= 0.3 is 0 Å². The Morgan fingerprint density at radius 2 is 1.20 bits per heavy atom. The molecule has 0 saturated carbocycles. The Hall–Kier alpha value is -6.25. The van der Waals surface area contributed by atoms with Crippen LogP contribution in [0.25, 0.3) is 26.5 Å². The zero-order chi connectivity index (χ0) is 33.3. The number of hydrogen-bond donors (Lipinski definition) is 3. The lowest BCUT2D eigenvalue weighted by molar-refractivity contribution is -0.121. The van der Waals surface area contributed by atoms with E-state index in [2.05, 4.69) is 41.0 Å². The number of para-hydroxylation sites is 2. The van der Waals surface area contributed by atoms with Crippen molar-refractivity contribution in [2.24, 2.45) is 4.99 Å². The average molecular weight is 682 g/mol. The quantitative estimate of drug-likeness (QED) is 0.133. The molecule has 4 heterocycles. The molecule has 14 heteroatoms. The van der Waals surface area contributed by atoms with Gasteiger partial charge in [-0.05, 0) is 48.0 Å². The SMILES string of the molecule is CN(C)c1ccc(/C=C2/N=C(c3ccccc3)N(Nc3nc(Nc4nc5ccccc5s4)nc(Nc4nc5ccccc5s4)n3)C2=O)cc1. The summed E-state index contributed by atoms with van der Waals surface area (Å²) in [5.74, 6) is 0.597. The molecule has 0 fully saturated rings. The highest BCUT2D eigenvalue weighted by molar-refractivity contribution is 7.22. The Balaban J connectivity index is 1.15. The first-order valence-electron chi connectivity index (χ1n) is 15.2. The number of nitrogens with one attached hydrogen (secondary N) is 3. The molecule has 0 unspecified atom stereocenters. The van der Waals surface area contributed by atoms with Gasteiger partial charge in [0.2, 0.25) is 17.8 Å². The van der Waals surface area contributed by atoms with Gasteiger partial charge in [0.1, 0.15) is 5.70 Å². The van der Waals surface area contributed by atoms with Crippen LogP contribution in [-0.4, -0.2) is 55.8 Å². The second kappa shape index (κ2) is 12.7. The third-order valence-electron chi connectivity index (χ3n) is 7.48. The van der Waals surface area contributed by atoms with Crippen molar-refractivity contribution in [2.45, 2.75) is 0 Å². The van der Waals surface area contributed by atoms with Crippen LogP contribution in [0, 0.1) is 0 Å². The summed E-state index contributed by atoms with van der Waals surface area (Å²) in [7, 11) is 3.96. The molecule has 3 N–H and O–H groups in total. The maximum atomic E-state index is 14.0. The van der Waals surface area contributed by atoms with Gasteiger partial charge in [-0.25, -0.2) is 15.0 Å². The Morgan fingerprint density at radius 3 is 1.78 bits per heavy atom. The highest BCUT2D eigenvalue weighted by atomic mass is 32.1. The predicted molar refractivity (Wildman–Crippen MR) is 198 cm³/mol. The number of benzene rings is 4. The second-order valence-electron chi connectivity index (χ2n) is 11.1. The normalized spacial score (nSPS) is 13.7. The van der Waals surface area contributed by atoms with E-state index >= 15 is 0 Å². The summed E-state index contributed by atoms with van der Waals surface area (Å²) < 4.78 is 2.04. The Kier molecular flexibility index (Phi) is 7.83. The van der Waals surface area contributed by atoms with E-state index in [1.807, 2.05) is 122 Å². The predicted octanol–water partition coefficient (Wildman–Crippen LogP) is 7.30. The summed E-state index contributed by atoms with van der Waals surface area (Å²) in [6.07, 6.45) is 1.76. The number of hydrazine groups is 1. The van der Waals surface area contributed by atoms with Gasteiger partial charge in [0, 0.05) is 25.3 Å². The molecule has 0 atom stereocenters. The fraction of sp³-hybridized carbons (Fsp3) is 0.0571. The molecule has 3 aromatic heterocycles. The molecule has 0 aliphatic carbocycles. The van der Waals surface area contributed by atoms with E-state index in [0.717, 1.165) is 37.2 Å². The Morgan fingerprint density at radius 1 is 0.653 bits per heavy atom. The van der Waals surface area contributed by atoms with Crippen molar-refractivity contribution in [3.63, 3.8) is 0 Å². The number of hydrogen-bond acceptors (Lipinski definition) is 13. The Bertz CT molecular complexity index is 2220. The van der Waals surface area contributed by atoms with E-state index in [9.17, 15) is 4.79 Å². The molecule has 0 radical (unpaired) electrons. The summed E-state index contributed by atoms with van der Waals surface area (Å²) in [6, 6.07) is 33.1. The van der Waals surface area contributed by atoms with Crippen molar-refractivity contribution in [1.82, 2.24) is 29.9 Å². The van der Waals surface area contributed by atoms with Crippen LogP contribution in [0.15, 0.2) is 114 Å². The first-order valence-corrected chi connectivity index (χ1v) is 16.8. The van der Waals surface area contributed by atoms with Gasteiger partial charge in [-0.2, -0.15) is 20.0 Å². The summed E-state index contributed by atoms with van der Waals surface area (Å²) >= 11 is 2.96. The van der Waals surface area contributed by atoms with Gasteiger partial charge in [0.25, 0.3) is 5.91 Å². The van der Waals surface area contributed by atoms with E-state index in [1.165, 1.54) is 27.7 Å². The Labute approximate surface area is 288 Å². The van der Waals surface area contributed by atoms with Crippen molar-refractivity contribution in [1.29, 1.82) is 0 Å². The van der Waals surface area contributed by atoms with E-state index < -0.39 is 0 Å². The summed E-state index contributed by atoms with van der Waals surface area (Å²) in [5.41, 5.74) is 7.73. The summed E-state index contributed by atoms with van der Waals surface area (Å²) in [4.78, 5) is 44.0. The van der Waals surface area contributed by atoms with Crippen molar-refractivity contribution in [2.75, 3.05) is 35.1 Å². The minimum absolute atomic E-state index is 0.107. The van der Waals surface area contributed by atoms with Gasteiger partial charge in [0.15, 0.2) is 16.1 Å². The first-order chi connectivity index (χ1) is 23.9. The zero-order valence-electron chi connectivity index (χ0n) is 26.2. The molecule has 7 aromatic rings. The number of carbonyl (C=O) groups excluding carboxylic acids is 1. The molecular formula is C35H27N11OS2. The molecular weight excluding hydrogens is 655 g/mol. The van der Waals surface area contributed by atoms with Crippen LogP contribution in [0.4, 0.5) is 33.8 Å². The van der Waals surface area contributed by atoms with Gasteiger partial charge in [-0.3, -0.25) is 20.9 Å². The fourth-order valence-corrected chi connectivity index (χ4v) is 6.83. The van der Waals surface area contributed by atoms with Crippen LogP contribution in [0.3, 0.4) is 0 Å². The van der Waals surface area contributed by atoms with Gasteiger partial charge in [-0.15, -0.1) is 0 Å². The van der Waals surface area contributed by atoms with E-state index in [1.54, 1.807) is 6.08 Å². The minimum atomic E-state index is -0.364. The van der Waals surface area contributed by atoms with Gasteiger partial charge in [-0.1, -0.05) is 89.4 Å². The molecule has 240 valence electrons. The van der Waals surface area contributed by atoms with Crippen molar-refractivity contribution < 1.29 is 4.79 Å². The lowest BCUT2D eigenvalue weighted by Crippen LogP contribution is -2.38.